The topological polar surface area (TPSA) is 28.0 Å². The third-order valence-corrected chi connectivity index (χ3v) is 5.67. The van der Waals surface area contributed by atoms with Crippen molar-refractivity contribution in [3.05, 3.63) is 82.1 Å². The number of allylic oxidation sites excluding steroid dienone is 5. The van der Waals surface area contributed by atoms with Gasteiger partial charge in [0.1, 0.15) is 0 Å². The average molecular weight is 390 g/mol. The first-order chi connectivity index (χ1) is 14.2. The van der Waals surface area contributed by atoms with E-state index in [9.17, 15) is 0 Å². The van der Waals surface area contributed by atoms with Crippen molar-refractivity contribution < 1.29 is 0 Å². The molecular formula is C26H35N3. The molecule has 2 aliphatic heterocycles. The zero-order valence-corrected chi connectivity index (χ0v) is 18.3. The lowest BCUT2D eigenvalue weighted by Gasteiger charge is -2.18. The summed E-state index contributed by atoms with van der Waals surface area (Å²) < 4.78 is 0. The van der Waals surface area contributed by atoms with E-state index in [1.807, 2.05) is 6.08 Å². The molecule has 3 nitrogen and oxygen atoms in total. The highest BCUT2D eigenvalue weighted by Crippen LogP contribution is 2.14. The summed E-state index contributed by atoms with van der Waals surface area (Å²) >= 11 is 0. The van der Waals surface area contributed by atoms with Gasteiger partial charge in [-0.05, 0) is 67.3 Å². The number of fused-ring (bicyclic) bond motifs is 1. The summed E-state index contributed by atoms with van der Waals surface area (Å²) in [6, 6.07) is 4.23. The predicted octanol–water partition coefficient (Wildman–Crippen LogP) is 5.81. The van der Waals surface area contributed by atoms with Gasteiger partial charge in [0.2, 0.25) is 0 Å². The van der Waals surface area contributed by atoms with Crippen molar-refractivity contribution in [1.29, 1.82) is 0 Å². The largest absolute Gasteiger partial charge is 0.354 e. The highest BCUT2D eigenvalue weighted by molar-refractivity contribution is 5.37. The van der Waals surface area contributed by atoms with Crippen molar-refractivity contribution in [3.8, 4) is 0 Å². The summed E-state index contributed by atoms with van der Waals surface area (Å²) in [6.45, 7) is 7.61. The van der Waals surface area contributed by atoms with Gasteiger partial charge in [-0.1, -0.05) is 57.9 Å². The van der Waals surface area contributed by atoms with Crippen LogP contribution in [0, 0.1) is 13.8 Å². The highest BCUT2D eigenvalue weighted by Gasteiger charge is 2.04. The second kappa shape index (κ2) is 10.9. The van der Waals surface area contributed by atoms with Crippen molar-refractivity contribution in [2.75, 3.05) is 6.54 Å². The molecule has 2 aliphatic rings. The number of aryl methyl sites for hydroxylation is 2. The first kappa shape index (κ1) is 21.3. The molecule has 0 bridgehead atoms. The highest BCUT2D eigenvalue weighted by atomic mass is 15.1. The SMILES string of the molecule is CCCCCCCCCCN1C=CC(=CC=C2N=c3cc(C)c(C)cc3=N2)C=C1. The molecule has 1 aromatic rings. The smallest absolute Gasteiger partial charge is 0.153 e. The zero-order chi connectivity index (χ0) is 20.5. The van der Waals surface area contributed by atoms with Crippen LogP contribution in [0.1, 0.15) is 69.4 Å². The second-order valence-corrected chi connectivity index (χ2v) is 8.18. The van der Waals surface area contributed by atoms with Crippen LogP contribution < -0.4 is 10.7 Å². The molecule has 0 fully saturated rings. The standard InChI is InChI=1S/C26H35N3/c1-4-5-6-7-8-9-10-11-16-29-17-14-23(15-18-29)12-13-26-27-24-19-21(2)22(3)20-25(24)28-26/h12-15,17-20H,4-11,16H2,1-3H3. The van der Waals surface area contributed by atoms with Crippen LogP contribution in [0.5, 0.6) is 0 Å². The van der Waals surface area contributed by atoms with Crippen molar-refractivity contribution in [2.24, 2.45) is 9.98 Å². The molecule has 0 aliphatic carbocycles. The lowest BCUT2D eigenvalue weighted by molar-refractivity contribution is 0.462. The van der Waals surface area contributed by atoms with E-state index in [2.05, 4.69) is 78.4 Å². The molecule has 2 heterocycles. The minimum Gasteiger partial charge on any atom is -0.354 e. The minimum absolute atomic E-state index is 0.778. The van der Waals surface area contributed by atoms with Gasteiger partial charge in [-0.2, -0.15) is 0 Å². The van der Waals surface area contributed by atoms with Crippen LogP contribution in [-0.4, -0.2) is 11.4 Å². The molecule has 0 N–H and O–H groups in total. The Labute approximate surface area is 176 Å². The molecule has 154 valence electrons. The Balaban J connectivity index is 1.43. The predicted molar refractivity (Wildman–Crippen MR) is 122 cm³/mol. The third kappa shape index (κ3) is 6.56. The van der Waals surface area contributed by atoms with Gasteiger partial charge < -0.3 is 4.90 Å². The van der Waals surface area contributed by atoms with Crippen LogP contribution in [0.2, 0.25) is 0 Å². The zero-order valence-electron chi connectivity index (χ0n) is 18.3. The Morgan fingerprint density at radius 2 is 1.31 bits per heavy atom. The van der Waals surface area contributed by atoms with E-state index in [-0.39, 0.29) is 0 Å². The normalized spacial score (nSPS) is 14.7. The fourth-order valence-electron chi connectivity index (χ4n) is 3.64. The third-order valence-electron chi connectivity index (χ3n) is 5.67. The molecule has 0 unspecified atom stereocenters. The summed E-state index contributed by atoms with van der Waals surface area (Å²) in [4.78, 5) is 11.5. The first-order valence-corrected chi connectivity index (χ1v) is 11.2. The van der Waals surface area contributed by atoms with Gasteiger partial charge in [0.05, 0.1) is 10.7 Å². The molecule has 29 heavy (non-hydrogen) atoms. The molecular weight excluding hydrogens is 354 g/mol. The van der Waals surface area contributed by atoms with Crippen LogP contribution in [0.3, 0.4) is 0 Å². The van der Waals surface area contributed by atoms with Crippen molar-refractivity contribution in [2.45, 2.75) is 72.1 Å². The van der Waals surface area contributed by atoms with Gasteiger partial charge in [0, 0.05) is 18.9 Å². The average Bonchev–Trinajstić information content (AvgIpc) is 3.11. The van der Waals surface area contributed by atoms with E-state index >= 15 is 0 Å². The Kier molecular flexibility index (Phi) is 8.03. The van der Waals surface area contributed by atoms with E-state index in [1.165, 1.54) is 68.1 Å². The van der Waals surface area contributed by atoms with Gasteiger partial charge in [-0.15, -0.1) is 0 Å². The molecule has 3 rings (SSSR count). The van der Waals surface area contributed by atoms with Crippen LogP contribution in [0.4, 0.5) is 0 Å². The van der Waals surface area contributed by atoms with E-state index in [0.29, 0.717) is 0 Å². The molecule has 1 aromatic carbocycles. The summed E-state index contributed by atoms with van der Waals surface area (Å²) in [7, 11) is 0. The number of unbranched alkanes of at least 4 members (excludes halogenated alkanes) is 7. The summed E-state index contributed by atoms with van der Waals surface area (Å²) in [5, 5.41) is 1.95. The lowest BCUT2D eigenvalue weighted by Crippen LogP contribution is -2.22. The Bertz CT molecular complexity index is 872. The Hall–Kier alpha value is -2.42. The van der Waals surface area contributed by atoms with Crippen molar-refractivity contribution in [3.63, 3.8) is 0 Å². The quantitative estimate of drug-likeness (QED) is 0.464. The maximum absolute atomic E-state index is 4.63. The molecule has 0 amide bonds. The first-order valence-electron chi connectivity index (χ1n) is 11.2. The van der Waals surface area contributed by atoms with E-state index in [4.69, 9.17) is 0 Å². The van der Waals surface area contributed by atoms with Gasteiger partial charge in [-0.25, -0.2) is 9.98 Å². The Morgan fingerprint density at radius 3 is 1.90 bits per heavy atom. The number of benzene rings is 1. The number of nitrogens with zero attached hydrogens (tertiary/aromatic N) is 3. The van der Waals surface area contributed by atoms with Gasteiger partial charge in [0.15, 0.2) is 5.82 Å². The molecule has 0 saturated heterocycles. The van der Waals surface area contributed by atoms with Crippen molar-refractivity contribution >= 4 is 0 Å². The van der Waals surface area contributed by atoms with Crippen LogP contribution >= 0.6 is 0 Å². The maximum atomic E-state index is 4.63. The number of hydrogen-bond donors (Lipinski definition) is 0. The maximum Gasteiger partial charge on any atom is 0.153 e. The molecule has 0 atom stereocenters. The molecule has 0 spiro atoms. The molecule has 3 heteroatoms. The summed E-state index contributed by atoms with van der Waals surface area (Å²) in [5.41, 5.74) is 3.70. The number of hydrogen-bond acceptors (Lipinski definition) is 3. The van der Waals surface area contributed by atoms with Crippen LogP contribution in [-0.2, 0) is 0 Å². The second-order valence-electron chi connectivity index (χ2n) is 8.18. The van der Waals surface area contributed by atoms with Crippen molar-refractivity contribution in [1.82, 2.24) is 4.90 Å². The number of rotatable bonds is 10. The molecule has 0 aromatic heterocycles. The fourth-order valence-corrected chi connectivity index (χ4v) is 3.64. The van der Waals surface area contributed by atoms with E-state index in [1.54, 1.807) is 0 Å². The minimum atomic E-state index is 0.778. The van der Waals surface area contributed by atoms with E-state index < -0.39 is 0 Å². The van der Waals surface area contributed by atoms with Crippen LogP contribution in [0.25, 0.3) is 0 Å². The fraction of sp³-hybridized carbons (Fsp3) is 0.462. The molecule has 0 radical (unpaired) electrons. The van der Waals surface area contributed by atoms with Gasteiger partial charge in [0.25, 0.3) is 0 Å². The Morgan fingerprint density at radius 1 is 0.759 bits per heavy atom. The summed E-state index contributed by atoms with van der Waals surface area (Å²) in [6.07, 6.45) is 23.7. The van der Waals surface area contributed by atoms with Gasteiger partial charge in [-0.3, -0.25) is 0 Å². The summed E-state index contributed by atoms with van der Waals surface area (Å²) in [5.74, 6) is 0.778. The molecule has 0 saturated carbocycles. The van der Waals surface area contributed by atoms with Gasteiger partial charge >= 0.3 is 0 Å². The lowest BCUT2D eigenvalue weighted by atomic mass is 10.1. The van der Waals surface area contributed by atoms with E-state index in [0.717, 1.165) is 23.1 Å². The monoisotopic (exact) mass is 389 g/mol. The van der Waals surface area contributed by atoms with Crippen LogP contribution in [0.15, 0.2) is 70.2 Å².